The van der Waals surface area contributed by atoms with Crippen LogP contribution in [0.5, 0.6) is 5.75 Å². The zero-order valence-corrected chi connectivity index (χ0v) is 13.1. The Hall–Kier alpha value is -1.06. The molecule has 2 N–H and O–H groups in total. The number of nitrogens with one attached hydrogen (secondary N) is 1. The van der Waals surface area contributed by atoms with Gasteiger partial charge in [-0.05, 0) is 81.9 Å². The van der Waals surface area contributed by atoms with Gasteiger partial charge in [-0.3, -0.25) is 0 Å². The Morgan fingerprint density at radius 3 is 3.05 bits per heavy atom. The largest absolute Gasteiger partial charge is 0.508 e. The van der Waals surface area contributed by atoms with E-state index in [0.29, 0.717) is 11.8 Å². The molecule has 0 amide bonds. The van der Waals surface area contributed by atoms with Gasteiger partial charge in [-0.25, -0.2) is 0 Å². The summed E-state index contributed by atoms with van der Waals surface area (Å²) in [5, 5.41) is 13.2. The van der Waals surface area contributed by atoms with Crippen LogP contribution in [0, 0.1) is 0 Å². The number of rotatable bonds is 5. The molecular formula is C18H28N2O. The third-order valence-corrected chi connectivity index (χ3v) is 5.16. The zero-order chi connectivity index (χ0) is 14.7. The normalized spacial score (nSPS) is 26.0. The van der Waals surface area contributed by atoms with Crippen molar-refractivity contribution in [3.8, 4) is 5.75 Å². The average Bonchev–Trinajstić information content (AvgIpc) is 2.87. The number of hydrogen-bond acceptors (Lipinski definition) is 3. The summed E-state index contributed by atoms with van der Waals surface area (Å²) in [4.78, 5) is 2.64. The van der Waals surface area contributed by atoms with Crippen LogP contribution in [0.4, 0.5) is 0 Å². The van der Waals surface area contributed by atoms with Crippen LogP contribution in [0.25, 0.3) is 0 Å². The van der Waals surface area contributed by atoms with E-state index >= 15 is 0 Å². The van der Waals surface area contributed by atoms with Gasteiger partial charge in [-0.2, -0.15) is 0 Å². The summed E-state index contributed by atoms with van der Waals surface area (Å²) in [7, 11) is 0. The molecule has 0 spiro atoms. The van der Waals surface area contributed by atoms with Crippen molar-refractivity contribution in [3.63, 3.8) is 0 Å². The van der Waals surface area contributed by atoms with Gasteiger partial charge in [-0.1, -0.05) is 12.5 Å². The third-order valence-electron chi connectivity index (χ3n) is 5.16. The van der Waals surface area contributed by atoms with Gasteiger partial charge in [0.1, 0.15) is 5.75 Å². The fourth-order valence-corrected chi connectivity index (χ4v) is 3.86. The van der Waals surface area contributed by atoms with E-state index in [0.717, 1.165) is 19.0 Å². The first-order valence-corrected chi connectivity index (χ1v) is 8.53. The Kier molecular flexibility index (Phi) is 4.81. The summed E-state index contributed by atoms with van der Waals surface area (Å²) < 4.78 is 0. The highest BCUT2D eigenvalue weighted by molar-refractivity contribution is 5.39. The van der Waals surface area contributed by atoms with Crippen LogP contribution >= 0.6 is 0 Å². The zero-order valence-electron chi connectivity index (χ0n) is 13.1. The Morgan fingerprint density at radius 2 is 2.19 bits per heavy atom. The number of phenolic OH excluding ortho intramolecular Hbond substituents is 1. The van der Waals surface area contributed by atoms with Gasteiger partial charge >= 0.3 is 0 Å². The molecule has 2 unspecified atom stereocenters. The molecule has 0 bridgehead atoms. The Balaban J connectivity index is 1.43. The Bertz CT molecular complexity index is 474. The maximum absolute atomic E-state index is 9.54. The first-order chi connectivity index (χ1) is 10.2. The molecule has 21 heavy (non-hydrogen) atoms. The first kappa shape index (κ1) is 14.9. The SMILES string of the molecule is CC1CCCCN1CCCNC1CCc2cc(O)ccc21. The minimum absolute atomic E-state index is 0.397. The minimum atomic E-state index is 0.397. The van der Waals surface area contributed by atoms with E-state index in [1.165, 1.54) is 56.3 Å². The van der Waals surface area contributed by atoms with Crippen molar-refractivity contribution in [3.05, 3.63) is 29.3 Å². The predicted molar refractivity (Wildman–Crippen MR) is 86.7 cm³/mol. The van der Waals surface area contributed by atoms with Crippen LogP contribution in [-0.2, 0) is 6.42 Å². The van der Waals surface area contributed by atoms with Crippen molar-refractivity contribution in [1.29, 1.82) is 0 Å². The third kappa shape index (κ3) is 3.58. The van der Waals surface area contributed by atoms with Gasteiger partial charge in [0.25, 0.3) is 0 Å². The minimum Gasteiger partial charge on any atom is -0.508 e. The molecule has 0 saturated carbocycles. The maximum atomic E-state index is 9.54. The van der Waals surface area contributed by atoms with Gasteiger partial charge in [0.2, 0.25) is 0 Å². The summed E-state index contributed by atoms with van der Waals surface area (Å²) in [5.74, 6) is 0.397. The molecule has 3 heteroatoms. The quantitative estimate of drug-likeness (QED) is 0.817. The van der Waals surface area contributed by atoms with Crippen molar-refractivity contribution < 1.29 is 5.11 Å². The molecule has 2 atom stereocenters. The van der Waals surface area contributed by atoms with Crippen molar-refractivity contribution in [2.45, 2.75) is 57.5 Å². The lowest BCUT2D eigenvalue weighted by atomic mass is 10.0. The van der Waals surface area contributed by atoms with Crippen LogP contribution in [-0.4, -0.2) is 35.7 Å². The van der Waals surface area contributed by atoms with Crippen LogP contribution in [0.3, 0.4) is 0 Å². The molecule has 116 valence electrons. The standard InChI is InChI=1S/C18H28N2O/c1-14-5-2-3-11-20(14)12-4-10-19-18-9-6-15-13-16(21)7-8-17(15)18/h7-8,13-14,18-19,21H,2-6,9-12H2,1H3. The van der Waals surface area contributed by atoms with Gasteiger partial charge in [0, 0.05) is 12.1 Å². The Morgan fingerprint density at radius 1 is 1.29 bits per heavy atom. The van der Waals surface area contributed by atoms with E-state index < -0.39 is 0 Å². The number of nitrogens with zero attached hydrogens (tertiary/aromatic N) is 1. The number of benzene rings is 1. The molecule has 1 aromatic rings. The lowest BCUT2D eigenvalue weighted by Crippen LogP contribution is -2.39. The van der Waals surface area contributed by atoms with Crippen LogP contribution in [0.2, 0.25) is 0 Å². The first-order valence-electron chi connectivity index (χ1n) is 8.53. The van der Waals surface area contributed by atoms with E-state index in [-0.39, 0.29) is 0 Å². The van der Waals surface area contributed by atoms with E-state index in [2.05, 4.69) is 23.2 Å². The molecule has 0 aromatic heterocycles. The number of aromatic hydroxyl groups is 1. The Labute approximate surface area is 128 Å². The lowest BCUT2D eigenvalue weighted by molar-refractivity contribution is 0.158. The highest BCUT2D eigenvalue weighted by Gasteiger charge is 2.22. The van der Waals surface area contributed by atoms with Crippen LogP contribution in [0.15, 0.2) is 18.2 Å². The fourth-order valence-electron chi connectivity index (χ4n) is 3.86. The number of phenols is 1. The van der Waals surface area contributed by atoms with Crippen molar-refractivity contribution in [1.82, 2.24) is 10.2 Å². The predicted octanol–water partition coefficient (Wildman–Crippen LogP) is 3.23. The fraction of sp³-hybridized carbons (Fsp3) is 0.667. The second kappa shape index (κ2) is 6.80. The molecule has 1 saturated heterocycles. The molecule has 1 aromatic carbocycles. The summed E-state index contributed by atoms with van der Waals surface area (Å²) in [6, 6.07) is 7.08. The molecule has 2 aliphatic rings. The molecule has 1 aliphatic carbocycles. The van der Waals surface area contributed by atoms with E-state index in [1.807, 2.05) is 12.1 Å². The van der Waals surface area contributed by atoms with Crippen LogP contribution < -0.4 is 5.32 Å². The van der Waals surface area contributed by atoms with Crippen molar-refractivity contribution in [2.24, 2.45) is 0 Å². The van der Waals surface area contributed by atoms with E-state index in [1.54, 1.807) is 0 Å². The summed E-state index contributed by atoms with van der Waals surface area (Å²) >= 11 is 0. The number of hydrogen-bond donors (Lipinski definition) is 2. The smallest absolute Gasteiger partial charge is 0.115 e. The maximum Gasteiger partial charge on any atom is 0.115 e. The number of likely N-dealkylation sites (tertiary alicyclic amines) is 1. The molecule has 1 fully saturated rings. The van der Waals surface area contributed by atoms with Gasteiger partial charge in [0.05, 0.1) is 0 Å². The summed E-state index contributed by atoms with van der Waals surface area (Å²) in [5.41, 5.74) is 2.70. The molecule has 0 radical (unpaired) electrons. The number of aryl methyl sites for hydroxylation is 1. The highest BCUT2D eigenvalue weighted by atomic mass is 16.3. The monoisotopic (exact) mass is 288 g/mol. The highest BCUT2D eigenvalue weighted by Crippen LogP contribution is 2.33. The van der Waals surface area contributed by atoms with Crippen LogP contribution in [0.1, 0.15) is 56.2 Å². The molecule has 1 heterocycles. The van der Waals surface area contributed by atoms with Gasteiger partial charge in [-0.15, -0.1) is 0 Å². The summed E-state index contributed by atoms with van der Waals surface area (Å²) in [6.07, 6.45) is 7.63. The lowest BCUT2D eigenvalue weighted by Gasteiger charge is -2.33. The average molecular weight is 288 g/mol. The van der Waals surface area contributed by atoms with E-state index in [4.69, 9.17) is 0 Å². The molecule has 3 nitrogen and oxygen atoms in total. The topological polar surface area (TPSA) is 35.5 Å². The van der Waals surface area contributed by atoms with Gasteiger partial charge in [0.15, 0.2) is 0 Å². The number of fused-ring (bicyclic) bond motifs is 1. The van der Waals surface area contributed by atoms with Crippen molar-refractivity contribution >= 4 is 0 Å². The second-order valence-electron chi connectivity index (χ2n) is 6.66. The van der Waals surface area contributed by atoms with E-state index in [9.17, 15) is 5.11 Å². The van der Waals surface area contributed by atoms with Crippen molar-refractivity contribution in [2.75, 3.05) is 19.6 Å². The summed E-state index contributed by atoms with van der Waals surface area (Å²) in [6.45, 7) is 5.97. The molecule has 1 aliphatic heterocycles. The number of piperidine rings is 1. The molecule has 3 rings (SSSR count). The van der Waals surface area contributed by atoms with Gasteiger partial charge < -0.3 is 15.3 Å². The second-order valence-corrected chi connectivity index (χ2v) is 6.66. The molecular weight excluding hydrogens is 260 g/mol.